The second-order valence-corrected chi connectivity index (χ2v) is 5.56. The minimum Gasteiger partial charge on any atom is -0.399 e. The molecule has 0 saturated carbocycles. The summed E-state index contributed by atoms with van der Waals surface area (Å²) in [6.07, 6.45) is 0. The summed E-state index contributed by atoms with van der Waals surface area (Å²) in [4.78, 5) is 1.08. The van der Waals surface area contributed by atoms with Crippen LogP contribution in [-0.2, 0) is 5.75 Å². The van der Waals surface area contributed by atoms with E-state index >= 15 is 0 Å². The van der Waals surface area contributed by atoms with Crippen LogP contribution in [0.15, 0.2) is 51.8 Å². The van der Waals surface area contributed by atoms with Crippen LogP contribution in [0.4, 0.5) is 10.1 Å². The molecule has 0 fully saturated rings. The molecule has 1 nitrogen and oxygen atoms in total. The second-order valence-electron chi connectivity index (χ2n) is 3.59. The Hall–Kier alpha value is -1.00. The maximum Gasteiger partial charge on any atom is 0.128 e. The summed E-state index contributed by atoms with van der Waals surface area (Å²) >= 11 is 4.83. The molecule has 2 aromatic rings. The van der Waals surface area contributed by atoms with Crippen LogP contribution in [0.2, 0.25) is 0 Å². The van der Waals surface area contributed by atoms with Crippen molar-refractivity contribution in [3.63, 3.8) is 0 Å². The first-order chi connectivity index (χ1) is 8.15. The molecular weight excluding hydrogens is 301 g/mol. The molecule has 4 heteroatoms. The Kier molecular flexibility index (Phi) is 4.07. The number of thioether (sulfide) groups is 1. The van der Waals surface area contributed by atoms with E-state index in [4.69, 9.17) is 5.73 Å². The Morgan fingerprint density at radius 2 is 1.82 bits per heavy atom. The summed E-state index contributed by atoms with van der Waals surface area (Å²) in [7, 11) is 0. The zero-order valence-corrected chi connectivity index (χ0v) is 11.4. The van der Waals surface area contributed by atoms with Gasteiger partial charge in [-0.3, -0.25) is 0 Å². The van der Waals surface area contributed by atoms with Crippen molar-refractivity contribution in [2.45, 2.75) is 10.6 Å². The molecule has 88 valence electrons. The molecule has 0 aliphatic carbocycles. The fourth-order valence-corrected chi connectivity index (χ4v) is 2.58. The van der Waals surface area contributed by atoms with E-state index in [0.29, 0.717) is 11.3 Å². The first kappa shape index (κ1) is 12.5. The van der Waals surface area contributed by atoms with Gasteiger partial charge in [0.15, 0.2) is 0 Å². The van der Waals surface area contributed by atoms with Gasteiger partial charge in [0.25, 0.3) is 0 Å². The first-order valence-corrected chi connectivity index (χ1v) is 6.85. The second kappa shape index (κ2) is 5.56. The van der Waals surface area contributed by atoms with Gasteiger partial charge in [-0.15, -0.1) is 11.8 Å². The van der Waals surface area contributed by atoms with Gasteiger partial charge < -0.3 is 5.73 Å². The van der Waals surface area contributed by atoms with E-state index in [1.54, 1.807) is 17.8 Å². The summed E-state index contributed by atoms with van der Waals surface area (Å²) in [5.41, 5.74) is 7.04. The van der Waals surface area contributed by atoms with E-state index in [0.717, 1.165) is 15.1 Å². The standard InChI is InChI=1S/C13H11BrFNS/c14-10-2-1-9(13(15)7-10)8-17-12-5-3-11(16)4-6-12/h1-7H,8,16H2. The molecule has 2 N–H and O–H groups in total. The van der Waals surface area contributed by atoms with E-state index < -0.39 is 0 Å². The van der Waals surface area contributed by atoms with E-state index in [2.05, 4.69) is 15.9 Å². The summed E-state index contributed by atoms with van der Waals surface area (Å²) in [5, 5.41) is 0. The number of anilines is 1. The van der Waals surface area contributed by atoms with E-state index in [1.807, 2.05) is 30.3 Å². The van der Waals surface area contributed by atoms with Crippen molar-refractivity contribution in [3.8, 4) is 0 Å². The molecule has 0 aliphatic heterocycles. The molecule has 0 bridgehead atoms. The maximum atomic E-state index is 13.6. The Morgan fingerprint density at radius 3 is 2.47 bits per heavy atom. The van der Waals surface area contributed by atoms with Gasteiger partial charge in [-0.1, -0.05) is 22.0 Å². The molecule has 2 aromatic carbocycles. The van der Waals surface area contributed by atoms with Crippen molar-refractivity contribution >= 4 is 33.4 Å². The van der Waals surface area contributed by atoms with Crippen LogP contribution in [0.3, 0.4) is 0 Å². The fraction of sp³-hybridized carbons (Fsp3) is 0.0769. The number of benzene rings is 2. The lowest BCUT2D eigenvalue weighted by atomic mass is 10.2. The van der Waals surface area contributed by atoms with Crippen LogP contribution in [-0.4, -0.2) is 0 Å². The van der Waals surface area contributed by atoms with Gasteiger partial charge in [0.05, 0.1) is 0 Å². The van der Waals surface area contributed by atoms with Gasteiger partial charge in [-0.2, -0.15) is 0 Å². The summed E-state index contributed by atoms with van der Waals surface area (Å²) in [5.74, 6) is 0.436. The van der Waals surface area contributed by atoms with E-state index in [9.17, 15) is 4.39 Å². The van der Waals surface area contributed by atoms with Gasteiger partial charge in [0, 0.05) is 20.8 Å². The Bertz CT molecular complexity index is 513. The number of nitrogens with two attached hydrogens (primary N) is 1. The van der Waals surface area contributed by atoms with Crippen LogP contribution in [0.5, 0.6) is 0 Å². The van der Waals surface area contributed by atoms with Crippen LogP contribution in [0.1, 0.15) is 5.56 Å². The summed E-state index contributed by atoms with van der Waals surface area (Å²) < 4.78 is 14.3. The molecule has 0 aromatic heterocycles. The molecule has 0 spiro atoms. The van der Waals surface area contributed by atoms with Gasteiger partial charge in [-0.05, 0) is 42.0 Å². The molecule has 0 amide bonds. The highest BCUT2D eigenvalue weighted by Gasteiger charge is 2.03. The Labute approximate surface area is 112 Å². The highest BCUT2D eigenvalue weighted by atomic mass is 79.9. The maximum absolute atomic E-state index is 13.6. The van der Waals surface area contributed by atoms with Gasteiger partial charge in [0.1, 0.15) is 5.82 Å². The topological polar surface area (TPSA) is 26.0 Å². The molecule has 0 radical (unpaired) electrons. The predicted octanol–water partition coefficient (Wildman–Crippen LogP) is 4.46. The summed E-state index contributed by atoms with van der Waals surface area (Å²) in [6, 6.07) is 12.7. The number of hydrogen-bond donors (Lipinski definition) is 1. The lowest BCUT2D eigenvalue weighted by Gasteiger charge is -2.04. The van der Waals surface area contributed by atoms with Crippen molar-refractivity contribution in [3.05, 3.63) is 58.3 Å². The quantitative estimate of drug-likeness (QED) is 0.669. The van der Waals surface area contributed by atoms with Crippen LogP contribution in [0.25, 0.3) is 0 Å². The molecule has 0 heterocycles. The minimum atomic E-state index is -0.178. The Balaban J connectivity index is 2.04. The van der Waals surface area contributed by atoms with Gasteiger partial charge in [-0.25, -0.2) is 4.39 Å². The monoisotopic (exact) mass is 311 g/mol. The fourth-order valence-electron chi connectivity index (χ4n) is 1.36. The SMILES string of the molecule is Nc1ccc(SCc2ccc(Br)cc2F)cc1. The van der Waals surface area contributed by atoms with Gasteiger partial charge in [0.2, 0.25) is 0 Å². The number of hydrogen-bond acceptors (Lipinski definition) is 2. The van der Waals surface area contributed by atoms with Crippen LogP contribution < -0.4 is 5.73 Å². The molecule has 0 aliphatic rings. The van der Waals surface area contributed by atoms with Crippen molar-refractivity contribution in [1.29, 1.82) is 0 Å². The molecule has 0 unspecified atom stereocenters. The van der Waals surface area contributed by atoms with Crippen molar-refractivity contribution < 1.29 is 4.39 Å². The van der Waals surface area contributed by atoms with Gasteiger partial charge >= 0.3 is 0 Å². The normalized spacial score (nSPS) is 10.5. The zero-order chi connectivity index (χ0) is 12.3. The van der Waals surface area contributed by atoms with E-state index in [1.165, 1.54) is 6.07 Å². The average molecular weight is 312 g/mol. The average Bonchev–Trinajstić information content (AvgIpc) is 2.30. The van der Waals surface area contributed by atoms with E-state index in [-0.39, 0.29) is 5.82 Å². The molecule has 17 heavy (non-hydrogen) atoms. The number of rotatable bonds is 3. The Morgan fingerprint density at radius 1 is 1.12 bits per heavy atom. The van der Waals surface area contributed by atoms with Crippen LogP contribution >= 0.6 is 27.7 Å². The minimum absolute atomic E-state index is 0.178. The number of halogens is 2. The first-order valence-electron chi connectivity index (χ1n) is 5.07. The molecule has 2 rings (SSSR count). The van der Waals surface area contributed by atoms with Crippen LogP contribution in [0, 0.1) is 5.82 Å². The molecular formula is C13H11BrFNS. The molecule has 0 saturated heterocycles. The lowest BCUT2D eigenvalue weighted by molar-refractivity contribution is 0.616. The number of nitrogen functional groups attached to an aromatic ring is 1. The lowest BCUT2D eigenvalue weighted by Crippen LogP contribution is -1.88. The predicted molar refractivity (Wildman–Crippen MR) is 74.5 cm³/mol. The largest absolute Gasteiger partial charge is 0.399 e. The zero-order valence-electron chi connectivity index (χ0n) is 8.99. The van der Waals surface area contributed by atoms with Crippen molar-refractivity contribution in [2.24, 2.45) is 0 Å². The third kappa shape index (κ3) is 3.48. The smallest absolute Gasteiger partial charge is 0.128 e. The van der Waals surface area contributed by atoms with Crippen molar-refractivity contribution in [2.75, 3.05) is 5.73 Å². The molecule has 0 atom stereocenters. The third-order valence-corrected chi connectivity index (χ3v) is 3.84. The highest BCUT2D eigenvalue weighted by molar-refractivity contribution is 9.10. The van der Waals surface area contributed by atoms with Crippen molar-refractivity contribution in [1.82, 2.24) is 0 Å². The highest BCUT2D eigenvalue weighted by Crippen LogP contribution is 2.25. The third-order valence-electron chi connectivity index (χ3n) is 2.29. The summed E-state index contributed by atoms with van der Waals surface area (Å²) in [6.45, 7) is 0.